The van der Waals surface area contributed by atoms with Gasteiger partial charge in [0.1, 0.15) is 11.6 Å². The van der Waals surface area contributed by atoms with Crippen molar-refractivity contribution in [1.82, 2.24) is 9.80 Å². The van der Waals surface area contributed by atoms with E-state index < -0.39 is 35.1 Å². The van der Waals surface area contributed by atoms with E-state index in [1.807, 2.05) is 70.2 Å². The van der Waals surface area contributed by atoms with Crippen LogP contribution in [0.5, 0.6) is 0 Å². The molecule has 1 N–H and O–H groups in total. The summed E-state index contributed by atoms with van der Waals surface area (Å²) < 4.78 is 7.00. The zero-order valence-electron chi connectivity index (χ0n) is 27.3. The number of ether oxygens (including phenoxy) is 1. The van der Waals surface area contributed by atoms with E-state index in [0.717, 1.165) is 17.5 Å². The van der Waals surface area contributed by atoms with Gasteiger partial charge in [-0.25, -0.2) is 0 Å². The number of carbonyl (C=O) groups is 3. The molecule has 2 bridgehead atoms. The van der Waals surface area contributed by atoms with Crippen LogP contribution in [0.1, 0.15) is 44.7 Å². The van der Waals surface area contributed by atoms with E-state index in [9.17, 15) is 14.7 Å². The number of amides is 3. The molecule has 2 aromatic carbocycles. The lowest BCUT2D eigenvalue weighted by atomic mass is 9.62. The Kier molecular flexibility index (Phi) is 9.83. The molecule has 3 saturated heterocycles. The number of benzene rings is 2. The molecule has 46 heavy (non-hydrogen) atoms. The largest absolute Gasteiger partial charge is 0.394 e. The van der Waals surface area contributed by atoms with E-state index >= 15 is 4.79 Å². The normalized spacial score (nSPS) is 28.6. The Morgan fingerprint density at radius 2 is 1.83 bits per heavy atom. The molecule has 0 aromatic heterocycles. The van der Waals surface area contributed by atoms with Gasteiger partial charge in [0.2, 0.25) is 11.8 Å². The molecular formula is C37H46ClN3O5. The van der Waals surface area contributed by atoms with Crippen molar-refractivity contribution in [2.24, 2.45) is 17.8 Å². The molecule has 1 spiro atoms. The summed E-state index contributed by atoms with van der Waals surface area (Å²) in [5.41, 5.74) is -0.0108. The van der Waals surface area contributed by atoms with Gasteiger partial charge in [-0.1, -0.05) is 80.1 Å². The summed E-state index contributed by atoms with van der Waals surface area (Å²) in [6.45, 7) is 16.2. The topological polar surface area (TPSA) is 90.4 Å². The first-order valence-corrected chi connectivity index (χ1v) is 16.6. The fraction of sp³-hybridized carbons (Fsp3) is 0.486. The first kappa shape index (κ1) is 33.9. The van der Waals surface area contributed by atoms with Gasteiger partial charge in [-0.15, -0.1) is 13.2 Å². The number of anilines is 1. The summed E-state index contributed by atoms with van der Waals surface area (Å²) in [5, 5.41) is 11.3. The molecule has 7 atom stereocenters. The molecule has 3 unspecified atom stereocenters. The SMILES string of the molecule is C=CCN(CCC)C(=O)[C@H]1[C@H]2C(=O)N([C@@H](CO)Cc3ccccc3)C(C(=O)N(CC=C)c3c(C)cccc3Cl)C23CC(C)[C@]1(C)O3. The number of hydrogen-bond acceptors (Lipinski definition) is 5. The second-order valence-electron chi connectivity index (χ2n) is 13.2. The number of aliphatic hydroxyl groups is 1. The van der Waals surface area contributed by atoms with Crippen molar-refractivity contribution < 1.29 is 24.2 Å². The summed E-state index contributed by atoms with van der Waals surface area (Å²) in [6.07, 6.45) is 4.81. The molecule has 246 valence electrons. The monoisotopic (exact) mass is 647 g/mol. The van der Waals surface area contributed by atoms with Gasteiger partial charge < -0.3 is 24.5 Å². The summed E-state index contributed by atoms with van der Waals surface area (Å²) in [5.74, 6) is -2.71. The Hall–Kier alpha value is -3.46. The lowest BCUT2D eigenvalue weighted by Crippen LogP contribution is -2.59. The molecule has 3 amide bonds. The van der Waals surface area contributed by atoms with Gasteiger partial charge in [0.05, 0.1) is 40.8 Å². The van der Waals surface area contributed by atoms with Crippen LogP contribution in [0.4, 0.5) is 5.69 Å². The van der Waals surface area contributed by atoms with Crippen LogP contribution in [0, 0.1) is 24.7 Å². The number of carbonyl (C=O) groups excluding carboxylic acids is 3. The third-order valence-corrected chi connectivity index (χ3v) is 10.7. The van der Waals surface area contributed by atoms with Crippen LogP contribution < -0.4 is 4.90 Å². The highest BCUT2D eigenvalue weighted by molar-refractivity contribution is 6.34. The predicted molar refractivity (Wildman–Crippen MR) is 180 cm³/mol. The van der Waals surface area contributed by atoms with Crippen LogP contribution in [0.3, 0.4) is 0 Å². The first-order chi connectivity index (χ1) is 22.0. The maximum Gasteiger partial charge on any atom is 0.253 e. The van der Waals surface area contributed by atoms with Crippen molar-refractivity contribution in [1.29, 1.82) is 0 Å². The van der Waals surface area contributed by atoms with Crippen molar-refractivity contribution >= 4 is 35.0 Å². The summed E-state index contributed by atoms with van der Waals surface area (Å²) in [6, 6.07) is 13.2. The van der Waals surface area contributed by atoms with Gasteiger partial charge in [-0.3, -0.25) is 14.4 Å². The molecule has 3 aliphatic heterocycles. The fourth-order valence-electron chi connectivity index (χ4n) is 8.31. The van der Waals surface area contributed by atoms with Crippen molar-refractivity contribution in [2.75, 3.05) is 31.1 Å². The minimum atomic E-state index is -1.28. The number of nitrogens with zero attached hydrogens (tertiary/aromatic N) is 3. The van der Waals surface area contributed by atoms with E-state index in [1.165, 1.54) is 4.90 Å². The van der Waals surface area contributed by atoms with Crippen LogP contribution in [-0.2, 0) is 25.5 Å². The van der Waals surface area contributed by atoms with Crippen LogP contribution >= 0.6 is 11.6 Å². The average molecular weight is 648 g/mol. The minimum absolute atomic E-state index is 0.121. The van der Waals surface area contributed by atoms with E-state index in [-0.39, 0.29) is 36.8 Å². The highest BCUT2D eigenvalue weighted by Gasteiger charge is 2.80. The highest BCUT2D eigenvalue weighted by Crippen LogP contribution is 2.66. The first-order valence-electron chi connectivity index (χ1n) is 16.2. The molecule has 3 aliphatic rings. The van der Waals surface area contributed by atoms with E-state index in [2.05, 4.69) is 13.2 Å². The van der Waals surface area contributed by atoms with Crippen LogP contribution in [0.15, 0.2) is 73.8 Å². The maximum atomic E-state index is 15.2. The third kappa shape index (κ3) is 5.38. The second-order valence-corrected chi connectivity index (χ2v) is 13.6. The summed E-state index contributed by atoms with van der Waals surface area (Å²) >= 11 is 6.73. The molecule has 2 aromatic rings. The van der Waals surface area contributed by atoms with Crippen molar-refractivity contribution in [3.63, 3.8) is 0 Å². The van der Waals surface area contributed by atoms with Crippen LogP contribution in [0.25, 0.3) is 0 Å². The van der Waals surface area contributed by atoms with Crippen LogP contribution in [0.2, 0.25) is 5.02 Å². The lowest BCUT2D eigenvalue weighted by Gasteiger charge is -2.40. The quantitative estimate of drug-likeness (QED) is 0.302. The fourth-order valence-corrected chi connectivity index (χ4v) is 8.63. The zero-order chi connectivity index (χ0) is 33.4. The van der Waals surface area contributed by atoms with Crippen molar-refractivity contribution in [3.05, 3.63) is 90.0 Å². The maximum absolute atomic E-state index is 15.2. The van der Waals surface area contributed by atoms with Gasteiger partial charge in [0, 0.05) is 19.6 Å². The van der Waals surface area contributed by atoms with Gasteiger partial charge in [0.25, 0.3) is 5.91 Å². The molecule has 0 radical (unpaired) electrons. The number of aliphatic hydroxyl groups excluding tert-OH is 1. The van der Waals surface area contributed by atoms with Crippen molar-refractivity contribution in [3.8, 4) is 0 Å². The molecule has 3 fully saturated rings. The number of likely N-dealkylation sites (tertiary alicyclic amines) is 1. The van der Waals surface area contributed by atoms with E-state index in [1.54, 1.807) is 28.0 Å². The van der Waals surface area contributed by atoms with Gasteiger partial charge >= 0.3 is 0 Å². The van der Waals surface area contributed by atoms with Gasteiger partial charge in [-0.05, 0) is 56.2 Å². The number of hydrogen-bond donors (Lipinski definition) is 1. The zero-order valence-corrected chi connectivity index (χ0v) is 28.1. The Bertz CT molecular complexity index is 1480. The van der Waals surface area contributed by atoms with Crippen LogP contribution in [-0.4, -0.2) is 82.2 Å². The predicted octanol–water partition coefficient (Wildman–Crippen LogP) is 5.21. The third-order valence-electron chi connectivity index (χ3n) is 10.4. The van der Waals surface area contributed by atoms with Crippen molar-refractivity contribution in [2.45, 2.75) is 70.2 Å². The molecule has 5 rings (SSSR count). The Labute approximate surface area is 277 Å². The molecule has 9 heteroatoms. The molecule has 0 aliphatic carbocycles. The van der Waals surface area contributed by atoms with Gasteiger partial charge in [-0.2, -0.15) is 0 Å². The van der Waals surface area contributed by atoms with E-state index in [0.29, 0.717) is 36.6 Å². The number of rotatable bonds is 13. The second kappa shape index (κ2) is 13.3. The molecule has 0 saturated carbocycles. The molecule has 8 nitrogen and oxygen atoms in total. The summed E-state index contributed by atoms with van der Waals surface area (Å²) in [7, 11) is 0. The Morgan fingerprint density at radius 3 is 2.43 bits per heavy atom. The molecular weight excluding hydrogens is 602 g/mol. The number of para-hydroxylation sites is 1. The highest BCUT2D eigenvalue weighted by atomic mass is 35.5. The summed E-state index contributed by atoms with van der Waals surface area (Å²) in [4.78, 5) is 49.5. The minimum Gasteiger partial charge on any atom is -0.394 e. The van der Waals surface area contributed by atoms with E-state index in [4.69, 9.17) is 16.3 Å². The average Bonchev–Trinajstić information content (AvgIpc) is 3.55. The molecule has 3 heterocycles. The Morgan fingerprint density at radius 1 is 1.13 bits per heavy atom. The standard InChI is InChI=1S/C37H46ClN3O5/c1-7-18-39(19-8-2)33(43)29-30-34(44)41(27(23-42)21-26-15-11-10-12-16-26)32(37(30)22-25(5)36(29,6)46-37)35(45)40(20-9-3)31-24(4)14-13-17-28(31)38/h7,9-17,25,27,29-30,32,42H,1,3,8,18-23H2,2,4-6H3/t25?,27-,29-,30+,32?,36+,37?/m1/s1. The number of halogens is 1. The number of fused-ring (bicyclic) bond motifs is 1. The number of aryl methyl sites for hydroxylation is 1. The van der Waals surface area contributed by atoms with Gasteiger partial charge in [0.15, 0.2) is 0 Å². The lowest BCUT2D eigenvalue weighted by molar-refractivity contribution is -0.153. The smallest absolute Gasteiger partial charge is 0.253 e. The Balaban J connectivity index is 1.69.